The van der Waals surface area contributed by atoms with E-state index < -0.39 is 6.23 Å². The third kappa shape index (κ3) is 3.62. The average molecular weight is 223 g/mol. The number of ketones is 1. The number of hydrogen-bond donors (Lipinski definition) is 1. The molecule has 1 unspecified atom stereocenters. The van der Waals surface area contributed by atoms with Gasteiger partial charge in [-0.3, -0.25) is 9.59 Å². The van der Waals surface area contributed by atoms with Crippen LogP contribution >= 0.6 is 0 Å². The van der Waals surface area contributed by atoms with Gasteiger partial charge in [0.2, 0.25) is 5.91 Å². The number of unbranched alkanes of at least 4 members (excludes halogenated alkanes) is 2. The molecule has 4 heteroatoms. The topological polar surface area (TPSA) is 57.6 Å². The number of amides is 1. The summed E-state index contributed by atoms with van der Waals surface area (Å²) in [5.74, 6) is -0.0892. The van der Waals surface area contributed by atoms with E-state index in [9.17, 15) is 14.7 Å². The quantitative estimate of drug-likeness (QED) is 0.518. The second kappa shape index (κ2) is 6.23. The Morgan fingerprint density at radius 3 is 2.81 bits per heavy atom. The van der Waals surface area contributed by atoms with Crippen molar-refractivity contribution in [3.05, 3.63) is 24.8 Å². The molecule has 0 radical (unpaired) electrons. The third-order valence-electron chi connectivity index (χ3n) is 2.56. The Morgan fingerprint density at radius 2 is 2.25 bits per heavy atom. The molecule has 1 N–H and O–H groups in total. The summed E-state index contributed by atoms with van der Waals surface area (Å²) in [6.45, 7) is 3.94. The highest BCUT2D eigenvalue weighted by atomic mass is 16.3. The number of allylic oxidation sites excluding steroid dienone is 1. The average Bonchev–Trinajstić information content (AvgIpc) is 2.59. The van der Waals surface area contributed by atoms with E-state index in [-0.39, 0.29) is 11.7 Å². The van der Waals surface area contributed by atoms with Crippen molar-refractivity contribution in [1.82, 2.24) is 4.90 Å². The minimum Gasteiger partial charge on any atom is -0.370 e. The molecule has 0 aromatic heterocycles. The minimum absolute atomic E-state index is 0.0546. The normalized spacial score (nSPS) is 19.2. The van der Waals surface area contributed by atoms with E-state index in [1.165, 1.54) is 23.1 Å². The van der Waals surface area contributed by atoms with Gasteiger partial charge in [0.25, 0.3) is 0 Å². The zero-order valence-corrected chi connectivity index (χ0v) is 9.26. The highest BCUT2D eigenvalue weighted by molar-refractivity contribution is 5.90. The Kier molecular flexibility index (Phi) is 4.92. The van der Waals surface area contributed by atoms with Crippen molar-refractivity contribution >= 4 is 11.7 Å². The molecule has 1 aliphatic heterocycles. The molecule has 1 heterocycles. The fourth-order valence-electron chi connectivity index (χ4n) is 1.60. The van der Waals surface area contributed by atoms with E-state index in [1.807, 2.05) is 0 Å². The van der Waals surface area contributed by atoms with E-state index >= 15 is 0 Å². The number of carbonyl (C=O) groups is 2. The van der Waals surface area contributed by atoms with E-state index in [0.29, 0.717) is 13.0 Å². The second-order valence-electron chi connectivity index (χ2n) is 3.79. The maximum atomic E-state index is 11.2. The van der Waals surface area contributed by atoms with Crippen LogP contribution in [0.25, 0.3) is 0 Å². The number of nitrogens with zero attached hydrogens (tertiary/aromatic N) is 1. The lowest BCUT2D eigenvalue weighted by molar-refractivity contribution is -0.130. The summed E-state index contributed by atoms with van der Waals surface area (Å²) in [5, 5.41) is 9.39. The van der Waals surface area contributed by atoms with Crippen LogP contribution < -0.4 is 0 Å². The van der Waals surface area contributed by atoms with Crippen LogP contribution in [0.5, 0.6) is 0 Å². The first-order valence-electron chi connectivity index (χ1n) is 5.47. The zero-order valence-electron chi connectivity index (χ0n) is 9.26. The monoisotopic (exact) mass is 223 g/mol. The molecule has 1 amide bonds. The first-order valence-corrected chi connectivity index (χ1v) is 5.47. The Balaban J connectivity index is 2.10. The maximum Gasteiger partial charge on any atom is 0.248 e. The molecule has 0 fully saturated rings. The second-order valence-corrected chi connectivity index (χ2v) is 3.79. The summed E-state index contributed by atoms with van der Waals surface area (Å²) in [4.78, 5) is 23.5. The van der Waals surface area contributed by atoms with Crippen molar-refractivity contribution in [3.63, 3.8) is 0 Å². The molecule has 0 bridgehead atoms. The Morgan fingerprint density at radius 1 is 1.50 bits per heavy atom. The van der Waals surface area contributed by atoms with Gasteiger partial charge in [-0.05, 0) is 25.0 Å². The van der Waals surface area contributed by atoms with E-state index in [4.69, 9.17) is 0 Å². The van der Waals surface area contributed by atoms with Crippen molar-refractivity contribution in [2.24, 2.45) is 0 Å². The largest absolute Gasteiger partial charge is 0.370 e. The van der Waals surface area contributed by atoms with Crippen LogP contribution in [-0.2, 0) is 9.59 Å². The lowest BCUT2D eigenvalue weighted by Crippen LogP contribution is -2.34. The fraction of sp³-hybridized carbons (Fsp3) is 0.500. The summed E-state index contributed by atoms with van der Waals surface area (Å²) in [7, 11) is 0. The molecular weight excluding hydrogens is 206 g/mol. The Labute approximate surface area is 95.2 Å². The number of aliphatic hydroxyl groups excluding tert-OH is 1. The maximum absolute atomic E-state index is 11.2. The number of aliphatic hydroxyl groups is 1. The lowest BCUT2D eigenvalue weighted by Gasteiger charge is -2.19. The standard InChI is InChI=1S/C12H17NO3/c1-2-10(14)6-4-3-5-9-13-11(15)7-8-12(13)16/h2,7-8,11,15H,1,3-6,9H2. The summed E-state index contributed by atoms with van der Waals surface area (Å²) < 4.78 is 0. The molecule has 1 rings (SSSR count). The van der Waals surface area contributed by atoms with Gasteiger partial charge in [0.05, 0.1) is 0 Å². The number of rotatable bonds is 7. The highest BCUT2D eigenvalue weighted by Crippen LogP contribution is 2.11. The van der Waals surface area contributed by atoms with Crippen molar-refractivity contribution < 1.29 is 14.7 Å². The van der Waals surface area contributed by atoms with Crippen LogP contribution in [0.4, 0.5) is 0 Å². The summed E-state index contributed by atoms with van der Waals surface area (Å²) >= 11 is 0. The molecule has 1 aliphatic rings. The Hall–Kier alpha value is -1.42. The molecule has 0 aliphatic carbocycles. The molecule has 0 aromatic rings. The van der Waals surface area contributed by atoms with Crippen LogP contribution in [0.15, 0.2) is 24.8 Å². The molecular formula is C12H17NO3. The summed E-state index contributed by atoms with van der Waals surface area (Å²) in [6.07, 6.45) is 6.40. The zero-order chi connectivity index (χ0) is 12.0. The van der Waals surface area contributed by atoms with Crippen molar-refractivity contribution in [1.29, 1.82) is 0 Å². The van der Waals surface area contributed by atoms with Crippen LogP contribution in [0.1, 0.15) is 25.7 Å². The van der Waals surface area contributed by atoms with Gasteiger partial charge >= 0.3 is 0 Å². The van der Waals surface area contributed by atoms with Gasteiger partial charge in [-0.1, -0.05) is 13.0 Å². The molecule has 0 saturated heterocycles. The molecule has 88 valence electrons. The smallest absolute Gasteiger partial charge is 0.248 e. The summed E-state index contributed by atoms with van der Waals surface area (Å²) in [6, 6.07) is 0. The van der Waals surface area contributed by atoms with Gasteiger partial charge in [-0.25, -0.2) is 0 Å². The minimum atomic E-state index is -0.776. The molecule has 0 saturated carbocycles. The van der Waals surface area contributed by atoms with Crippen LogP contribution in [0.2, 0.25) is 0 Å². The third-order valence-corrected chi connectivity index (χ3v) is 2.56. The lowest BCUT2D eigenvalue weighted by atomic mass is 10.1. The van der Waals surface area contributed by atoms with Crippen LogP contribution in [0, 0.1) is 0 Å². The van der Waals surface area contributed by atoms with Gasteiger partial charge in [-0.2, -0.15) is 0 Å². The predicted octanol–water partition coefficient (Wildman–Crippen LogP) is 1.02. The predicted molar refractivity (Wildman–Crippen MR) is 60.5 cm³/mol. The summed E-state index contributed by atoms with van der Waals surface area (Å²) in [5.41, 5.74) is 0. The molecule has 0 spiro atoms. The molecule has 4 nitrogen and oxygen atoms in total. The Bertz CT molecular complexity index is 309. The van der Waals surface area contributed by atoms with Crippen LogP contribution in [-0.4, -0.2) is 34.5 Å². The first kappa shape index (κ1) is 12.6. The number of hydrogen-bond acceptors (Lipinski definition) is 3. The number of carbonyl (C=O) groups excluding carboxylic acids is 2. The van der Waals surface area contributed by atoms with Gasteiger partial charge in [0, 0.05) is 19.0 Å². The highest BCUT2D eigenvalue weighted by Gasteiger charge is 2.22. The van der Waals surface area contributed by atoms with Crippen molar-refractivity contribution in [2.75, 3.05) is 6.54 Å². The fourth-order valence-corrected chi connectivity index (χ4v) is 1.60. The van der Waals surface area contributed by atoms with E-state index in [0.717, 1.165) is 19.3 Å². The molecule has 1 atom stereocenters. The van der Waals surface area contributed by atoms with Crippen molar-refractivity contribution in [2.45, 2.75) is 31.9 Å². The SMILES string of the molecule is C=CC(=O)CCCCCN1C(=O)C=CC1O. The van der Waals surface area contributed by atoms with E-state index in [1.54, 1.807) is 0 Å². The van der Waals surface area contributed by atoms with Gasteiger partial charge in [0.15, 0.2) is 5.78 Å². The van der Waals surface area contributed by atoms with Crippen LogP contribution in [0.3, 0.4) is 0 Å². The van der Waals surface area contributed by atoms with Gasteiger partial charge in [-0.15, -0.1) is 0 Å². The van der Waals surface area contributed by atoms with Gasteiger partial charge in [0.1, 0.15) is 6.23 Å². The first-order chi connectivity index (χ1) is 7.65. The van der Waals surface area contributed by atoms with E-state index in [2.05, 4.69) is 6.58 Å². The molecule has 16 heavy (non-hydrogen) atoms. The van der Waals surface area contributed by atoms with Crippen molar-refractivity contribution in [3.8, 4) is 0 Å². The molecule has 0 aromatic carbocycles. The van der Waals surface area contributed by atoms with Gasteiger partial charge < -0.3 is 10.0 Å².